The third-order valence-electron chi connectivity index (χ3n) is 2.86. The van der Waals surface area contributed by atoms with Gasteiger partial charge in [-0.2, -0.15) is 0 Å². The molecule has 5 nitrogen and oxygen atoms in total. The van der Waals surface area contributed by atoms with Crippen molar-refractivity contribution in [3.8, 4) is 0 Å². The molecular weight excluding hydrogens is 234 g/mol. The Morgan fingerprint density at radius 3 is 2.28 bits per heavy atom. The molecule has 0 aromatic rings. The topological polar surface area (TPSA) is 77.8 Å². The van der Waals surface area contributed by atoms with Crippen molar-refractivity contribution >= 4 is 11.9 Å². The van der Waals surface area contributed by atoms with Gasteiger partial charge in [0.2, 0.25) is 0 Å². The summed E-state index contributed by atoms with van der Waals surface area (Å²) in [5.41, 5.74) is 0. The molecule has 0 radical (unpaired) electrons. The number of carboxylic acids is 2. The van der Waals surface area contributed by atoms with Crippen LogP contribution in [0.15, 0.2) is 0 Å². The van der Waals surface area contributed by atoms with Crippen molar-refractivity contribution in [3.05, 3.63) is 0 Å². The van der Waals surface area contributed by atoms with E-state index in [0.717, 1.165) is 32.4 Å². The van der Waals surface area contributed by atoms with E-state index in [9.17, 15) is 9.59 Å². The zero-order valence-corrected chi connectivity index (χ0v) is 11.4. The fourth-order valence-electron chi connectivity index (χ4n) is 1.86. The van der Waals surface area contributed by atoms with Gasteiger partial charge >= 0.3 is 11.9 Å². The first-order valence-electron chi connectivity index (χ1n) is 6.64. The first kappa shape index (κ1) is 16.9. The SMILES string of the molecule is CCCN(CCCCCC(=O)O)CC(C)C(=O)O. The van der Waals surface area contributed by atoms with Crippen LogP contribution in [0.3, 0.4) is 0 Å². The lowest BCUT2D eigenvalue weighted by Gasteiger charge is -2.23. The first-order chi connectivity index (χ1) is 8.47. The van der Waals surface area contributed by atoms with E-state index >= 15 is 0 Å². The van der Waals surface area contributed by atoms with Crippen molar-refractivity contribution in [1.82, 2.24) is 4.90 Å². The molecule has 0 aliphatic rings. The quantitative estimate of drug-likeness (QED) is 0.555. The number of rotatable bonds is 11. The second kappa shape index (κ2) is 9.88. The van der Waals surface area contributed by atoms with Crippen molar-refractivity contribution in [1.29, 1.82) is 0 Å². The maximum atomic E-state index is 10.8. The molecule has 0 aromatic carbocycles. The van der Waals surface area contributed by atoms with Crippen molar-refractivity contribution in [3.63, 3.8) is 0 Å². The standard InChI is InChI=1S/C13H25NO4/c1-3-8-14(10-11(2)13(17)18)9-6-4-5-7-12(15)16/h11H,3-10H2,1-2H3,(H,15,16)(H,17,18). The van der Waals surface area contributed by atoms with Gasteiger partial charge in [0, 0.05) is 13.0 Å². The Morgan fingerprint density at radius 2 is 1.78 bits per heavy atom. The van der Waals surface area contributed by atoms with E-state index in [1.54, 1.807) is 6.92 Å². The average Bonchev–Trinajstić information content (AvgIpc) is 2.28. The Hall–Kier alpha value is -1.10. The molecule has 18 heavy (non-hydrogen) atoms. The third kappa shape index (κ3) is 8.98. The minimum Gasteiger partial charge on any atom is -0.481 e. The van der Waals surface area contributed by atoms with Gasteiger partial charge in [-0.1, -0.05) is 20.3 Å². The van der Waals surface area contributed by atoms with Crippen LogP contribution in [0.4, 0.5) is 0 Å². The van der Waals surface area contributed by atoms with Crippen LogP contribution in [-0.4, -0.2) is 46.7 Å². The number of carbonyl (C=O) groups is 2. The van der Waals surface area contributed by atoms with E-state index in [4.69, 9.17) is 10.2 Å². The molecule has 0 saturated heterocycles. The Bertz CT molecular complexity index is 255. The van der Waals surface area contributed by atoms with E-state index in [2.05, 4.69) is 11.8 Å². The van der Waals surface area contributed by atoms with Crippen molar-refractivity contribution in [2.45, 2.75) is 46.0 Å². The van der Waals surface area contributed by atoms with Crippen LogP contribution < -0.4 is 0 Å². The van der Waals surface area contributed by atoms with Crippen LogP contribution in [-0.2, 0) is 9.59 Å². The highest BCUT2D eigenvalue weighted by Crippen LogP contribution is 2.06. The van der Waals surface area contributed by atoms with Gasteiger partial charge in [-0.25, -0.2) is 0 Å². The highest BCUT2D eigenvalue weighted by atomic mass is 16.4. The maximum Gasteiger partial charge on any atom is 0.307 e. The molecule has 0 spiro atoms. The summed E-state index contributed by atoms with van der Waals surface area (Å²) in [4.78, 5) is 23.3. The molecule has 0 rings (SSSR count). The maximum absolute atomic E-state index is 10.8. The predicted octanol–water partition coefficient (Wildman–Crippen LogP) is 2.06. The molecule has 0 aromatic heterocycles. The van der Waals surface area contributed by atoms with Gasteiger partial charge in [0.25, 0.3) is 0 Å². The minimum atomic E-state index is -0.762. The second-order valence-electron chi connectivity index (χ2n) is 4.74. The summed E-state index contributed by atoms with van der Waals surface area (Å²) in [6.07, 6.45) is 3.73. The van der Waals surface area contributed by atoms with Crippen LogP contribution in [0, 0.1) is 5.92 Å². The second-order valence-corrected chi connectivity index (χ2v) is 4.74. The van der Waals surface area contributed by atoms with Gasteiger partial charge in [-0.15, -0.1) is 0 Å². The minimum absolute atomic E-state index is 0.222. The molecule has 106 valence electrons. The van der Waals surface area contributed by atoms with Crippen molar-refractivity contribution < 1.29 is 19.8 Å². The normalized spacial score (nSPS) is 12.6. The van der Waals surface area contributed by atoms with Gasteiger partial charge in [-0.3, -0.25) is 9.59 Å². The number of hydrogen-bond donors (Lipinski definition) is 2. The molecule has 0 amide bonds. The van der Waals surface area contributed by atoms with E-state index < -0.39 is 11.9 Å². The number of nitrogens with zero attached hydrogens (tertiary/aromatic N) is 1. The van der Waals surface area contributed by atoms with E-state index in [1.165, 1.54) is 0 Å². The monoisotopic (exact) mass is 259 g/mol. The predicted molar refractivity (Wildman–Crippen MR) is 69.6 cm³/mol. The largest absolute Gasteiger partial charge is 0.481 e. The molecule has 1 atom stereocenters. The summed E-state index contributed by atoms with van der Waals surface area (Å²) in [5.74, 6) is -1.86. The number of unbranched alkanes of at least 4 members (excludes halogenated alkanes) is 2. The van der Waals surface area contributed by atoms with Gasteiger partial charge in [0.15, 0.2) is 0 Å². The Morgan fingerprint density at radius 1 is 1.11 bits per heavy atom. The Balaban J connectivity index is 3.82. The zero-order chi connectivity index (χ0) is 14.0. The molecule has 0 fully saturated rings. The van der Waals surface area contributed by atoms with Gasteiger partial charge < -0.3 is 15.1 Å². The Kier molecular flexibility index (Phi) is 9.28. The first-order valence-corrected chi connectivity index (χ1v) is 6.64. The van der Waals surface area contributed by atoms with E-state index in [1.807, 2.05) is 0 Å². The number of carboxylic acid groups (broad SMARTS) is 2. The molecule has 2 N–H and O–H groups in total. The molecule has 0 aliphatic heterocycles. The van der Waals surface area contributed by atoms with Gasteiger partial charge in [-0.05, 0) is 32.4 Å². The molecule has 0 aliphatic carbocycles. The zero-order valence-electron chi connectivity index (χ0n) is 11.4. The molecule has 0 bridgehead atoms. The van der Waals surface area contributed by atoms with E-state index in [0.29, 0.717) is 13.0 Å². The molecule has 5 heteroatoms. The van der Waals surface area contributed by atoms with Crippen molar-refractivity contribution in [2.24, 2.45) is 5.92 Å². The lowest BCUT2D eigenvalue weighted by Crippen LogP contribution is -2.33. The summed E-state index contributed by atoms with van der Waals surface area (Å²) < 4.78 is 0. The van der Waals surface area contributed by atoms with Gasteiger partial charge in [0.05, 0.1) is 5.92 Å². The smallest absolute Gasteiger partial charge is 0.307 e. The molecule has 0 heterocycles. The fourth-order valence-corrected chi connectivity index (χ4v) is 1.86. The average molecular weight is 259 g/mol. The number of aliphatic carboxylic acids is 2. The van der Waals surface area contributed by atoms with Crippen LogP contribution in [0.1, 0.15) is 46.0 Å². The van der Waals surface area contributed by atoms with Crippen LogP contribution in [0.5, 0.6) is 0 Å². The summed E-state index contributed by atoms with van der Waals surface area (Å²) in [5, 5.41) is 17.4. The summed E-state index contributed by atoms with van der Waals surface area (Å²) in [6.45, 7) is 6.11. The lowest BCUT2D eigenvalue weighted by molar-refractivity contribution is -0.142. The molecule has 0 saturated carbocycles. The highest BCUT2D eigenvalue weighted by Gasteiger charge is 2.15. The highest BCUT2D eigenvalue weighted by molar-refractivity contribution is 5.69. The van der Waals surface area contributed by atoms with Crippen LogP contribution >= 0.6 is 0 Å². The summed E-state index contributed by atoms with van der Waals surface area (Å²) in [7, 11) is 0. The molecular formula is C13H25NO4. The van der Waals surface area contributed by atoms with E-state index in [-0.39, 0.29) is 12.3 Å². The summed E-state index contributed by atoms with van der Waals surface area (Å²) >= 11 is 0. The summed E-state index contributed by atoms with van der Waals surface area (Å²) in [6, 6.07) is 0. The lowest BCUT2D eigenvalue weighted by atomic mass is 10.1. The number of hydrogen-bond acceptors (Lipinski definition) is 3. The molecule has 1 unspecified atom stereocenters. The Labute approximate surface area is 109 Å². The van der Waals surface area contributed by atoms with Gasteiger partial charge in [0.1, 0.15) is 0 Å². The fraction of sp³-hybridized carbons (Fsp3) is 0.846. The van der Waals surface area contributed by atoms with Crippen LogP contribution in [0.25, 0.3) is 0 Å². The van der Waals surface area contributed by atoms with Crippen LogP contribution in [0.2, 0.25) is 0 Å². The van der Waals surface area contributed by atoms with Crippen molar-refractivity contribution in [2.75, 3.05) is 19.6 Å². The third-order valence-corrected chi connectivity index (χ3v) is 2.86.